The first-order valence-corrected chi connectivity index (χ1v) is 9.95. The first-order chi connectivity index (χ1) is 15.5. The third-order valence-corrected chi connectivity index (χ3v) is 4.86. The minimum atomic E-state index is -0.488. The smallest absolute Gasteiger partial charge is 0.358 e. The second-order valence-electron chi connectivity index (χ2n) is 7.02. The van der Waals surface area contributed by atoms with E-state index in [1.807, 2.05) is 0 Å². The van der Waals surface area contributed by atoms with Crippen LogP contribution in [0.15, 0.2) is 30.6 Å². The monoisotopic (exact) mass is 442 g/mol. The van der Waals surface area contributed by atoms with E-state index in [9.17, 15) is 4.79 Å². The summed E-state index contributed by atoms with van der Waals surface area (Å²) in [6, 6.07) is 7.28. The molecule has 0 radical (unpaired) electrons. The van der Waals surface area contributed by atoms with E-state index in [0.29, 0.717) is 36.1 Å². The Morgan fingerprint density at radius 2 is 2.09 bits per heavy atom. The molecule has 1 aromatic carbocycles. The molecule has 1 fully saturated rings. The molecule has 2 heterocycles. The van der Waals surface area contributed by atoms with Gasteiger partial charge in [-0.3, -0.25) is 14.7 Å². The van der Waals surface area contributed by atoms with Gasteiger partial charge in [0.05, 0.1) is 50.5 Å². The molecule has 3 rings (SSSR count). The number of methoxy groups -OCH3 is 2. The Bertz CT molecular complexity index is 929. The first-order valence-electron chi connectivity index (χ1n) is 9.95. The number of ether oxygens (including phenoxy) is 3. The van der Waals surface area contributed by atoms with Crippen LogP contribution >= 0.6 is 0 Å². The highest BCUT2D eigenvalue weighted by atomic mass is 16.5. The molecule has 170 valence electrons. The van der Waals surface area contributed by atoms with Crippen molar-refractivity contribution in [3.05, 3.63) is 47.5 Å². The standard InChI is InChI=1S/C21H24N4O4.CH2O2/c1-27-20-8-15(9-22)5-6-19(20)29-14-16-4-3-7-25(12-16)13-17-10-24-18(11-23-17)21(26)28-2;2-1-3/h5-6,8,10-11,16H,3-4,7,12-14H2,1-2H3;1H,(H,2,3). The Balaban J connectivity index is 0.00000114. The maximum absolute atomic E-state index is 11.5. The van der Waals surface area contributed by atoms with Crippen molar-refractivity contribution >= 4 is 12.4 Å². The summed E-state index contributed by atoms with van der Waals surface area (Å²) in [5.41, 5.74) is 1.56. The Labute approximate surface area is 186 Å². The van der Waals surface area contributed by atoms with Gasteiger partial charge in [-0.05, 0) is 31.5 Å². The molecule has 1 aliphatic heterocycles. The Morgan fingerprint density at radius 3 is 2.72 bits per heavy atom. The van der Waals surface area contributed by atoms with Gasteiger partial charge in [0.2, 0.25) is 0 Å². The van der Waals surface area contributed by atoms with Crippen LogP contribution in [0.25, 0.3) is 0 Å². The highest BCUT2D eigenvalue weighted by Gasteiger charge is 2.22. The van der Waals surface area contributed by atoms with Crippen molar-refractivity contribution < 1.29 is 28.9 Å². The second kappa shape index (κ2) is 12.9. The molecule has 10 nitrogen and oxygen atoms in total. The second-order valence-corrected chi connectivity index (χ2v) is 7.02. The number of esters is 1. The fraction of sp³-hybridized carbons (Fsp3) is 0.409. The number of benzene rings is 1. The van der Waals surface area contributed by atoms with E-state index < -0.39 is 5.97 Å². The molecule has 0 saturated carbocycles. The fourth-order valence-corrected chi connectivity index (χ4v) is 3.37. The lowest BCUT2D eigenvalue weighted by atomic mass is 9.99. The Hall–Kier alpha value is -3.71. The van der Waals surface area contributed by atoms with E-state index in [1.165, 1.54) is 13.3 Å². The zero-order chi connectivity index (χ0) is 23.3. The summed E-state index contributed by atoms with van der Waals surface area (Å²) in [5, 5.41) is 15.9. The summed E-state index contributed by atoms with van der Waals surface area (Å²) in [6.45, 7) is 2.87. The van der Waals surface area contributed by atoms with E-state index in [2.05, 4.69) is 25.7 Å². The molecule has 1 aliphatic rings. The van der Waals surface area contributed by atoms with Gasteiger partial charge in [-0.15, -0.1) is 0 Å². The van der Waals surface area contributed by atoms with E-state index >= 15 is 0 Å². The number of aromatic nitrogens is 2. The number of carboxylic acid groups (broad SMARTS) is 1. The molecule has 1 N–H and O–H groups in total. The average Bonchev–Trinajstić information content (AvgIpc) is 2.83. The molecular formula is C22H26N4O6. The predicted octanol–water partition coefficient (Wildman–Crippen LogP) is 2.14. The number of hydrogen-bond donors (Lipinski definition) is 1. The maximum Gasteiger partial charge on any atom is 0.358 e. The summed E-state index contributed by atoms with van der Waals surface area (Å²) in [6.07, 6.45) is 5.23. The number of hydrogen-bond acceptors (Lipinski definition) is 9. The molecule has 0 bridgehead atoms. The van der Waals surface area contributed by atoms with Crippen molar-refractivity contribution in [1.82, 2.24) is 14.9 Å². The van der Waals surface area contributed by atoms with Crippen LogP contribution in [0.5, 0.6) is 11.5 Å². The third-order valence-electron chi connectivity index (χ3n) is 4.86. The lowest BCUT2D eigenvalue weighted by Gasteiger charge is -2.32. The number of nitrogens with zero attached hydrogens (tertiary/aromatic N) is 4. The molecule has 0 aliphatic carbocycles. The van der Waals surface area contributed by atoms with Crippen LogP contribution < -0.4 is 9.47 Å². The summed E-state index contributed by atoms with van der Waals surface area (Å²) in [5.74, 6) is 1.11. The first kappa shape index (κ1) is 24.6. The lowest BCUT2D eigenvalue weighted by molar-refractivity contribution is -0.122. The van der Waals surface area contributed by atoms with Gasteiger partial charge in [0.25, 0.3) is 6.47 Å². The van der Waals surface area contributed by atoms with E-state index in [4.69, 9.17) is 24.6 Å². The van der Waals surface area contributed by atoms with E-state index in [-0.39, 0.29) is 12.2 Å². The molecular weight excluding hydrogens is 416 g/mol. The minimum absolute atomic E-state index is 0.206. The van der Waals surface area contributed by atoms with Crippen LogP contribution in [0.2, 0.25) is 0 Å². The average molecular weight is 442 g/mol. The highest BCUT2D eigenvalue weighted by Crippen LogP contribution is 2.29. The molecule has 0 amide bonds. The summed E-state index contributed by atoms with van der Waals surface area (Å²) < 4.78 is 15.9. The van der Waals surface area contributed by atoms with Crippen molar-refractivity contribution in [1.29, 1.82) is 5.26 Å². The number of piperidine rings is 1. The van der Waals surface area contributed by atoms with E-state index in [1.54, 1.807) is 31.5 Å². The molecule has 10 heteroatoms. The number of likely N-dealkylation sites (tertiary alicyclic amines) is 1. The van der Waals surface area contributed by atoms with Crippen LogP contribution in [0.4, 0.5) is 0 Å². The lowest BCUT2D eigenvalue weighted by Crippen LogP contribution is -2.37. The quantitative estimate of drug-likeness (QED) is 0.502. The van der Waals surface area contributed by atoms with Gasteiger partial charge in [-0.2, -0.15) is 5.26 Å². The Kier molecular flexibility index (Phi) is 9.87. The third kappa shape index (κ3) is 7.21. The highest BCUT2D eigenvalue weighted by molar-refractivity contribution is 5.86. The summed E-state index contributed by atoms with van der Waals surface area (Å²) in [4.78, 5) is 30.6. The van der Waals surface area contributed by atoms with Gasteiger partial charge in [0.1, 0.15) is 0 Å². The van der Waals surface area contributed by atoms with Gasteiger partial charge in [0, 0.05) is 25.1 Å². The zero-order valence-electron chi connectivity index (χ0n) is 18.1. The molecule has 1 unspecified atom stereocenters. The predicted molar refractivity (Wildman–Crippen MR) is 113 cm³/mol. The van der Waals surface area contributed by atoms with Crippen molar-refractivity contribution in [2.24, 2.45) is 5.92 Å². The number of rotatable bonds is 7. The zero-order valence-corrected chi connectivity index (χ0v) is 18.1. The van der Waals surface area contributed by atoms with Gasteiger partial charge >= 0.3 is 5.97 Å². The molecule has 2 aromatic rings. The summed E-state index contributed by atoms with van der Waals surface area (Å²) in [7, 11) is 2.89. The van der Waals surface area contributed by atoms with Crippen LogP contribution in [-0.2, 0) is 16.1 Å². The molecule has 0 spiro atoms. The summed E-state index contributed by atoms with van der Waals surface area (Å²) >= 11 is 0. The van der Waals surface area contributed by atoms with E-state index in [0.717, 1.165) is 31.6 Å². The van der Waals surface area contributed by atoms with Crippen LogP contribution in [0, 0.1) is 17.2 Å². The topological polar surface area (TPSA) is 135 Å². The fourth-order valence-electron chi connectivity index (χ4n) is 3.37. The number of nitriles is 1. The molecule has 1 aromatic heterocycles. The van der Waals surface area contributed by atoms with Crippen molar-refractivity contribution in [3.63, 3.8) is 0 Å². The van der Waals surface area contributed by atoms with Gasteiger partial charge in [-0.25, -0.2) is 9.78 Å². The SMILES string of the molecule is COC(=O)c1cnc(CN2CCCC(COc3ccc(C#N)cc3OC)C2)cn1.O=CO. The van der Waals surface area contributed by atoms with Crippen LogP contribution in [0.3, 0.4) is 0 Å². The molecule has 32 heavy (non-hydrogen) atoms. The van der Waals surface area contributed by atoms with Gasteiger partial charge in [-0.1, -0.05) is 0 Å². The van der Waals surface area contributed by atoms with Crippen molar-refractivity contribution in [3.8, 4) is 17.6 Å². The maximum atomic E-state index is 11.5. The van der Waals surface area contributed by atoms with Gasteiger partial charge < -0.3 is 19.3 Å². The van der Waals surface area contributed by atoms with Crippen molar-refractivity contribution in [2.45, 2.75) is 19.4 Å². The number of carbonyl (C=O) groups is 2. The van der Waals surface area contributed by atoms with Crippen LogP contribution in [0.1, 0.15) is 34.6 Å². The molecule has 1 saturated heterocycles. The van der Waals surface area contributed by atoms with Crippen molar-refractivity contribution in [2.75, 3.05) is 33.9 Å². The van der Waals surface area contributed by atoms with Gasteiger partial charge in [0.15, 0.2) is 17.2 Å². The largest absolute Gasteiger partial charge is 0.493 e. The minimum Gasteiger partial charge on any atom is -0.493 e. The Morgan fingerprint density at radius 1 is 1.31 bits per heavy atom. The molecule has 1 atom stereocenters. The number of carbonyl (C=O) groups excluding carboxylic acids is 1. The normalized spacial score (nSPS) is 15.5. The van der Waals surface area contributed by atoms with Crippen LogP contribution in [-0.4, -0.2) is 66.3 Å².